The Hall–Kier alpha value is -3.45. The Kier molecular flexibility index (Phi) is 5.44. The van der Waals surface area contributed by atoms with Crippen LogP contribution < -0.4 is 4.74 Å². The highest BCUT2D eigenvalue weighted by atomic mass is 16.6. The number of hydrogen-bond donors (Lipinski definition) is 1. The fourth-order valence-corrected chi connectivity index (χ4v) is 6.19. The third-order valence-corrected chi connectivity index (χ3v) is 7.75. The summed E-state index contributed by atoms with van der Waals surface area (Å²) in [4.78, 5) is 23.6. The Balaban J connectivity index is 1.16. The Morgan fingerprint density at radius 2 is 1.57 bits per heavy atom. The molecule has 3 aromatic rings. The van der Waals surface area contributed by atoms with Crippen molar-refractivity contribution in [3.05, 3.63) is 77.6 Å². The van der Waals surface area contributed by atoms with E-state index in [-0.39, 0.29) is 24.1 Å². The van der Waals surface area contributed by atoms with Crippen molar-refractivity contribution in [2.24, 2.45) is 0 Å². The minimum absolute atomic E-state index is 0.0340. The molecule has 0 spiro atoms. The number of aliphatic hydroxyl groups is 1. The summed E-state index contributed by atoms with van der Waals surface area (Å²) in [5.74, 6) is 0.0340. The molecule has 2 aliphatic heterocycles. The molecule has 3 aliphatic rings. The van der Waals surface area contributed by atoms with Gasteiger partial charge in [-0.3, -0.25) is 0 Å². The first-order valence-corrected chi connectivity index (χ1v) is 12.4. The van der Waals surface area contributed by atoms with E-state index in [4.69, 9.17) is 9.47 Å². The van der Waals surface area contributed by atoms with Crippen molar-refractivity contribution >= 4 is 6.09 Å². The van der Waals surface area contributed by atoms with Gasteiger partial charge in [-0.25, -0.2) is 14.8 Å². The maximum atomic E-state index is 13.3. The number of carbonyl (C=O) groups is 1. The zero-order valence-corrected chi connectivity index (χ0v) is 19.8. The molecule has 1 aromatic heterocycles. The molecule has 0 radical (unpaired) electrons. The van der Waals surface area contributed by atoms with Gasteiger partial charge in [0.1, 0.15) is 6.61 Å². The Morgan fingerprint density at radius 1 is 1.00 bits per heavy atom. The zero-order valence-electron chi connectivity index (χ0n) is 19.8. The average molecular weight is 472 g/mol. The lowest BCUT2D eigenvalue weighted by molar-refractivity contribution is -0.0535. The maximum Gasteiger partial charge on any atom is 0.410 e. The van der Waals surface area contributed by atoms with Crippen LogP contribution in [0.1, 0.15) is 55.2 Å². The van der Waals surface area contributed by atoms with Gasteiger partial charge >= 0.3 is 12.1 Å². The molecule has 2 saturated heterocycles. The van der Waals surface area contributed by atoms with Gasteiger partial charge in [0, 0.05) is 48.8 Å². The summed E-state index contributed by atoms with van der Waals surface area (Å²) in [7, 11) is 0. The summed E-state index contributed by atoms with van der Waals surface area (Å²) in [6, 6.07) is 16.8. The summed E-state index contributed by atoms with van der Waals surface area (Å²) in [5.41, 5.74) is 4.44. The molecule has 1 aliphatic carbocycles. The van der Waals surface area contributed by atoms with Crippen LogP contribution >= 0.6 is 0 Å². The molecule has 2 atom stereocenters. The molecule has 2 fully saturated rings. The fraction of sp³-hybridized carbons (Fsp3) is 0.393. The molecule has 2 bridgehead atoms. The molecule has 180 valence electrons. The van der Waals surface area contributed by atoms with Crippen LogP contribution in [-0.2, 0) is 10.3 Å². The van der Waals surface area contributed by atoms with Crippen LogP contribution in [0.25, 0.3) is 11.1 Å². The summed E-state index contributed by atoms with van der Waals surface area (Å²) >= 11 is 0. The molecule has 7 heteroatoms. The number of ether oxygens (including phenoxy) is 2. The van der Waals surface area contributed by atoms with Gasteiger partial charge in [-0.2, -0.15) is 0 Å². The van der Waals surface area contributed by atoms with Crippen LogP contribution in [0.3, 0.4) is 0 Å². The summed E-state index contributed by atoms with van der Waals surface area (Å²) in [6.07, 6.45) is 5.60. The normalized spacial score (nSPS) is 24.7. The molecule has 3 heterocycles. The van der Waals surface area contributed by atoms with Crippen LogP contribution in [0.2, 0.25) is 0 Å². The molecule has 6 rings (SSSR count). The number of aromatic nitrogens is 2. The van der Waals surface area contributed by atoms with Gasteiger partial charge in [-0.15, -0.1) is 0 Å². The second kappa shape index (κ2) is 8.64. The minimum atomic E-state index is -1.06. The van der Waals surface area contributed by atoms with Crippen molar-refractivity contribution < 1.29 is 19.4 Å². The van der Waals surface area contributed by atoms with Gasteiger partial charge in [0.2, 0.25) is 0 Å². The molecule has 2 unspecified atom stereocenters. The van der Waals surface area contributed by atoms with Crippen molar-refractivity contribution in [2.75, 3.05) is 13.2 Å². The van der Waals surface area contributed by atoms with Gasteiger partial charge in [0.05, 0.1) is 12.2 Å². The standard InChI is InChI=1S/C28H29N3O4/c1-2-34-26-29-15-18(16-30-26)28(33)13-19-11-12-20(14-28)31(19)27(32)35-17-25-23-9-5-3-7-21(23)22-8-4-6-10-24(22)25/h3-10,15-16,19-20,25,33H,2,11-14,17H2,1H3. The van der Waals surface area contributed by atoms with E-state index in [0.717, 1.165) is 12.8 Å². The van der Waals surface area contributed by atoms with Gasteiger partial charge in [0.15, 0.2) is 0 Å². The maximum absolute atomic E-state index is 13.3. The van der Waals surface area contributed by atoms with E-state index in [1.54, 1.807) is 12.4 Å². The lowest BCUT2D eigenvalue weighted by atomic mass is 9.82. The topological polar surface area (TPSA) is 84.8 Å². The van der Waals surface area contributed by atoms with Gasteiger partial charge in [-0.1, -0.05) is 48.5 Å². The largest absolute Gasteiger partial charge is 0.464 e. The van der Waals surface area contributed by atoms with Crippen molar-refractivity contribution in [3.63, 3.8) is 0 Å². The summed E-state index contributed by atoms with van der Waals surface area (Å²) in [6.45, 7) is 2.67. The Morgan fingerprint density at radius 3 is 2.14 bits per heavy atom. The zero-order chi connectivity index (χ0) is 24.0. The van der Waals surface area contributed by atoms with Gasteiger partial charge < -0.3 is 19.5 Å². The van der Waals surface area contributed by atoms with E-state index in [0.29, 0.717) is 37.6 Å². The second-order valence-electron chi connectivity index (χ2n) is 9.72. The number of hydrogen-bond acceptors (Lipinski definition) is 6. The van der Waals surface area contributed by atoms with E-state index in [2.05, 4.69) is 34.2 Å². The first-order chi connectivity index (χ1) is 17.1. The van der Waals surface area contributed by atoms with Crippen LogP contribution in [0.5, 0.6) is 6.01 Å². The predicted octanol–water partition coefficient (Wildman–Crippen LogP) is 4.64. The minimum Gasteiger partial charge on any atom is -0.464 e. The second-order valence-corrected chi connectivity index (χ2v) is 9.72. The van der Waals surface area contributed by atoms with Gasteiger partial charge in [-0.05, 0) is 42.0 Å². The van der Waals surface area contributed by atoms with E-state index in [1.165, 1.54) is 22.3 Å². The number of carbonyl (C=O) groups excluding carboxylic acids is 1. The van der Waals surface area contributed by atoms with Crippen LogP contribution in [-0.4, -0.2) is 51.4 Å². The Bertz CT molecular complexity index is 1190. The first-order valence-electron chi connectivity index (χ1n) is 12.4. The predicted molar refractivity (Wildman–Crippen MR) is 130 cm³/mol. The number of rotatable bonds is 5. The number of benzene rings is 2. The summed E-state index contributed by atoms with van der Waals surface area (Å²) in [5, 5.41) is 11.5. The quantitative estimate of drug-likeness (QED) is 0.584. The molecule has 2 aromatic carbocycles. The highest BCUT2D eigenvalue weighted by Crippen LogP contribution is 2.47. The van der Waals surface area contributed by atoms with Crippen molar-refractivity contribution in [3.8, 4) is 17.1 Å². The van der Waals surface area contributed by atoms with Crippen molar-refractivity contribution in [1.29, 1.82) is 0 Å². The third-order valence-electron chi connectivity index (χ3n) is 7.75. The van der Waals surface area contributed by atoms with Crippen molar-refractivity contribution in [1.82, 2.24) is 14.9 Å². The van der Waals surface area contributed by atoms with Crippen molar-refractivity contribution in [2.45, 2.75) is 56.2 Å². The Labute approximate surface area is 204 Å². The molecule has 0 saturated carbocycles. The SMILES string of the molecule is CCOc1ncc(C2(O)CC3CCC(C2)N3C(=O)OCC2c3ccccc3-c3ccccc32)cn1. The number of piperidine rings is 1. The van der Waals surface area contributed by atoms with E-state index < -0.39 is 5.60 Å². The number of fused-ring (bicyclic) bond motifs is 5. The third kappa shape index (κ3) is 3.74. The number of nitrogens with zero attached hydrogens (tertiary/aromatic N) is 3. The monoisotopic (exact) mass is 471 g/mol. The van der Waals surface area contributed by atoms with Crippen LogP contribution in [0.4, 0.5) is 4.79 Å². The summed E-state index contributed by atoms with van der Waals surface area (Å²) < 4.78 is 11.3. The smallest absolute Gasteiger partial charge is 0.410 e. The number of amides is 1. The fourth-order valence-electron chi connectivity index (χ4n) is 6.19. The van der Waals surface area contributed by atoms with E-state index in [1.807, 2.05) is 36.1 Å². The lowest BCUT2D eigenvalue weighted by Crippen LogP contribution is -2.52. The van der Waals surface area contributed by atoms with Gasteiger partial charge in [0.25, 0.3) is 0 Å². The van der Waals surface area contributed by atoms with E-state index >= 15 is 0 Å². The van der Waals surface area contributed by atoms with Crippen LogP contribution in [0.15, 0.2) is 60.9 Å². The first kappa shape index (κ1) is 22.0. The van der Waals surface area contributed by atoms with Crippen LogP contribution in [0, 0.1) is 0 Å². The molecule has 35 heavy (non-hydrogen) atoms. The molecular formula is C28H29N3O4. The highest BCUT2D eigenvalue weighted by Gasteiger charge is 2.51. The molecule has 1 N–H and O–H groups in total. The average Bonchev–Trinajstić information content (AvgIpc) is 3.35. The molecule has 1 amide bonds. The molecular weight excluding hydrogens is 442 g/mol. The lowest BCUT2D eigenvalue weighted by Gasteiger charge is -2.43. The highest BCUT2D eigenvalue weighted by molar-refractivity contribution is 5.79. The van der Waals surface area contributed by atoms with E-state index in [9.17, 15) is 9.90 Å². The molecule has 7 nitrogen and oxygen atoms in total.